The van der Waals surface area contributed by atoms with Crippen LogP contribution in [0.25, 0.3) is 22.3 Å². The highest BCUT2D eigenvalue weighted by Gasteiger charge is 2.48. The third kappa shape index (κ3) is 5.42. The lowest BCUT2D eigenvalue weighted by Gasteiger charge is -2.39. The average molecular weight is 580 g/mol. The molecule has 222 valence electrons. The number of ether oxygens (including phenoxy) is 4. The van der Waals surface area contributed by atoms with Crippen molar-refractivity contribution in [3.05, 3.63) is 46.6 Å². The fraction of sp³-hybridized carbons (Fsp3) is 0.423. The fourth-order valence-corrected chi connectivity index (χ4v) is 4.64. The van der Waals surface area contributed by atoms with Crippen LogP contribution in [-0.2, 0) is 14.2 Å². The van der Waals surface area contributed by atoms with Crippen LogP contribution in [0.5, 0.6) is 23.0 Å². The average Bonchev–Trinajstić information content (AvgIpc) is 3.20. The first-order valence-electron chi connectivity index (χ1n) is 12.4. The number of hydrogen-bond acceptors (Lipinski definition) is 15. The van der Waals surface area contributed by atoms with E-state index in [2.05, 4.69) is 0 Å². The van der Waals surface area contributed by atoms with Gasteiger partial charge in [-0.2, -0.15) is 0 Å². The van der Waals surface area contributed by atoms with Crippen LogP contribution in [0.2, 0.25) is 0 Å². The lowest BCUT2D eigenvalue weighted by Crippen LogP contribution is -2.59. The van der Waals surface area contributed by atoms with Crippen LogP contribution in [0, 0.1) is 0 Å². The van der Waals surface area contributed by atoms with Crippen molar-refractivity contribution in [3.63, 3.8) is 0 Å². The molecular weight excluding hydrogens is 552 g/mol. The molecular formula is C26H28O15. The standard InChI is InChI=1S/C26H28O15/c27-7-14-17(31)20(34)22(36)25(39-14)37-8-15-18(32)21(35)26(40-15)41-24-19(33)16-12(30)5-11(29)6-13(16)38-23(24)9-1-3-10(28)4-2-9/h1-6,14-15,17-18,20-22,25-32,34-36H,7-8H2. The summed E-state index contributed by atoms with van der Waals surface area (Å²) in [7, 11) is 0. The van der Waals surface area contributed by atoms with E-state index in [1.807, 2.05) is 0 Å². The van der Waals surface area contributed by atoms with Crippen molar-refractivity contribution in [1.82, 2.24) is 0 Å². The summed E-state index contributed by atoms with van der Waals surface area (Å²) in [5.74, 6) is -1.83. The van der Waals surface area contributed by atoms with Crippen LogP contribution in [0.1, 0.15) is 0 Å². The largest absolute Gasteiger partial charge is 0.508 e. The van der Waals surface area contributed by atoms with Gasteiger partial charge in [0.1, 0.15) is 70.9 Å². The van der Waals surface area contributed by atoms with Crippen molar-refractivity contribution in [3.8, 4) is 34.3 Å². The lowest BCUT2D eigenvalue weighted by molar-refractivity contribution is -0.306. The molecule has 0 aliphatic carbocycles. The van der Waals surface area contributed by atoms with E-state index in [1.165, 1.54) is 24.3 Å². The van der Waals surface area contributed by atoms with Crippen molar-refractivity contribution in [1.29, 1.82) is 0 Å². The fourth-order valence-electron chi connectivity index (χ4n) is 4.64. The molecule has 3 aromatic rings. The van der Waals surface area contributed by atoms with Gasteiger partial charge in [-0.05, 0) is 24.3 Å². The van der Waals surface area contributed by atoms with E-state index in [1.54, 1.807) is 0 Å². The Morgan fingerprint density at radius 1 is 0.756 bits per heavy atom. The summed E-state index contributed by atoms with van der Waals surface area (Å²) in [6.45, 7) is -1.22. The van der Waals surface area contributed by atoms with Crippen LogP contribution in [0.15, 0.2) is 45.6 Å². The minimum Gasteiger partial charge on any atom is -0.508 e. The Labute approximate surface area is 230 Å². The van der Waals surface area contributed by atoms with Crippen LogP contribution >= 0.6 is 0 Å². The number of benzene rings is 2. The first kappa shape index (κ1) is 29.0. The van der Waals surface area contributed by atoms with Gasteiger partial charge in [-0.3, -0.25) is 4.79 Å². The molecule has 2 aromatic carbocycles. The van der Waals surface area contributed by atoms with Gasteiger partial charge in [-0.25, -0.2) is 0 Å². The Hall–Kier alpha value is -3.51. The Morgan fingerprint density at radius 3 is 2.07 bits per heavy atom. The number of aromatic hydroxyl groups is 3. The summed E-state index contributed by atoms with van der Waals surface area (Å²) in [5, 5.41) is 90.0. The smallest absolute Gasteiger partial charge is 0.239 e. The number of hydrogen-bond donors (Lipinski definition) is 9. The molecule has 0 bridgehead atoms. The highest BCUT2D eigenvalue weighted by Crippen LogP contribution is 2.37. The number of fused-ring (bicyclic) bond motifs is 1. The molecule has 2 aliphatic heterocycles. The maximum absolute atomic E-state index is 13.5. The Kier molecular flexibility index (Phi) is 8.06. The molecule has 9 unspecified atom stereocenters. The summed E-state index contributed by atoms with van der Waals surface area (Å²) in [5.41, 5.74) is -0.866. The van der Waals surface area contributed by atoms with Gasteiger partial charge >= 0.3 is 0 Å². The Bertz CT molecular complexity index is 1440. The van der Waals surface area contributed by atoms with Crippen molar-refractivity contribution >= 4 is 11.0 Å². The third-order valence-electron chi connectivity index (χ3n) is 6.87. The zero-order chi connectivity index (χ0) is 29.6. The molecule has 15 heteroatoms. The molecule has 41 heavy (non-hydrogen) atoms. The van der Waals surface area contributed by atoms with Crippen LogP contribution < -0.4 is 10.2 Å². The maximum atomic E-state index is 13.5. The van der Waals surface area contributed by atoms with E-state index in [4.69, 9.17) is 23.4 Å². The van der Waals surface area contributed by atoms with E-state index in [0.29, 0.717) is 0 Å². The van der Waals surface area contributed by atoms with E-state index >= 15 is 0 Å². The predicted molar refractivity (Wildman–Crippen MR) is 134 cm³/mol. The molecule has 0 spiro atoms. The van der Waals surface area contributed by atoms with Gasteiger partial charge in [0, 0.05) is 17.7 Å². The second-order valence-corrected chi connectivity index (χ2v) is 9.65. The predicted octanol–water partition coefficient (Wildman–Crippen LogP) is -1.78. The summed E-state index contributed by atoms with van der Waals surface area (Å²) in [4.78, 5) is 13.5. The normalized spacial score (nSPS) is 31.9. The molecule has 0 saturated carbocycles. The zero-order valence-corrected chi connectivity index (χ0v) is 21.0. The molecule has 15 nitrogen and oxygen atoms in total. The maximum Gasteiger partial charge on any atom is 0.239 e. The number of rotatable bonds is 7. The van der Waals surface area contributed by atoms with Gasteiger partial charge in [-0.1, -0.05) is 0 Å². The highest BCUT2D eigenvalue weighted by atomic mass is 16.7. The topological polar surface area (TPSA) is 249 Å². The molecule has 2 aliphatic rings. The SMILES string of the molecule is O=c1c(OC2OC(COC3OC(CO)C(O)C(O)C3O)C(O)C2O)c(-c2ccc(O)cc2)oc2cc(O)cc(O)c12. The second-order valence-electron chi connectivity index (χ2n) is 9.65. The summed E-state index contributed by atoms with van der Waals surface area (Å²) < 4.78 is 27.7. The van der Waals surface area contributed by atoms with Gasteiger partial charge in [0.2, 0.25) is 17.5 Å². The molecule has 3 heterocycles. The summed E-state index contributed by atoms with van der Waals surface area (Å²) in [6.07, 6.45) is -14.2. The molecule has 9 atom stereocenters. The Morgan fingerprint density at radius 2 is 1.39 bits per heavy atom. The van der Waals surface area contributed by atoms with Crippen molar-refractivity contribution < 1.29 is 69.3 Å². The number of phenols is 3. The van der Waals surface area contributed by atoms with Crippen molar-refractivity contribution in [2.75, 3.05) is 13.2 Å². The Balaban J connectivity index is 1.41. The van der Waals surface area contributed by atoms with Crippen molar-refractivity contribution in [2.45, 2.75) is 55.3 Å². The van der Waals surface area contributed by atoms with E-state index in [-0.39, 0.29) is 33.8 Å². The van der Waals surface area contributed by atoms with Gasteiger partial charge in [-0.15, -0.1) is 0 Å². The lowest BCUT2D eigenvalue weighted by atomic mass is 9.99. The quantitative estimate of drug-likeness (QED) is 0.150. The summed E-state index contributed by atoms with van der Waals surface area (Å²) in [6, 6.07) is 7.42. The zero-order valence-electron chi connectivity index (χ0n) is 21.0. The van der Waals surface area contributed by atoms with Crippen LogP contribution in [0.4, 0.5) is 0 Å². The molecule has 5 rings (SSSR count). The van der Waals surface area contributed by atoms with Crippen LogP contribution in [-0.4, -0.2) is 114 Å². The molecule has 2 fully saturated rings. The monoisotopic (exact) mass is 580 g/mol. The first-order chi connectivity index (χ1) is 19.5. The van der Waals surface area contributed by atoms with Crippen LogP contribution in [0.3, 0.4) is 0 Å². The molecule has 2 saturated heterocycles. The molecule has 0 amide bonds. The minimum absolute atomic E-state index is 0.0884. The third-order valence-corrected chi connectivity index (χ3v) is 6.87. The summed E-state index contributed by atoms with van der Waals surface area (Å²) >= 11 is 0. The van der Waals surface area contributed by atoms with E-state index < -0.39 is 85.4 Å². The van der Waals surface area contributed by atoms with Gasteiger partial charge in [0.25, 0.3) is 0 Å². The van der Waals surface area contributed by atoms with E-state index in [9.17, 15) is 50.8 Å². The second kappa shape index (κ2) is 11.4. The minimum atomic E-state index is -1.74. The number of aliphatic hydroxyl groups is 6. The van der Waals surface area contributed by atoms with Crippen molar-refractivity contribution in [2.24, 2.45) is 0 Å². The van der Waals surface area contributed by atoms with Gasteiger partial charge < -0.3 is 69.3 Å². The highest BCUT2D eigenvalue weighted by molar-refractivity contribution is 5.88. The molecule has 1 aromatic heterocycles. The van der Waals surface area contributed by atoms with E-state index in [0.717, 1.165) is 12.1 Å². The molecule has 9 N–H and O–H groups in total. The van der Waals surface area contributed by atoms with Gasteiger partial charge in [0.05, 0.1) is 13.2 Å². The molecule has 0 radical (unpaired) electrons. The number of aliphatic hydroxyl groups excluding tert-OH is 6. The first-order valence-corrected chi connectivity index (χ1v) is 12.4. The number of phenolic OH excluding ortho intramolecular Hbond substituents is 3. The van der Waals surface area contributed by atoms with Gasteiger partial charge in [0.15, 0.2) is 12.1 Å².